The fraction of sp³-hybridized carbons (Fsp3) is 0.667. The summed E-state index contributed by atoms with van der Waals surface area (Å²) in [6, 6.07) is 8.72. The fourth-order valence-electron chi connectivity index (χ4n) is 3.77. The van der Waals surface area contributed by atoms with E-state index in [1.165, 1.54) is 56.9 Å². The van der Waals surface area contributed by atoms with E-state index in [-0.39, 0.29) is 0 Å². The van der Waals surface area contributed by atoms with Gasteiger partial charge in [0.25, 0.3) is 0 Å². The van der Waals surface area contributed by atoms with Gasteiger partial charge in [-0.3, -0.25) is 0 Å². The minimum atomic E-state index is 0.751. The molecule has 104 valence electrons. The molecular weight excluding hydrogens is 230 g/mol. The highest BCUT2D eigenvalue weighted by molar-refractivity contribution is 5.33. The number of aryl methyl sites for hydroxylation is 3. The van der Waals surface area contributed by atoms with Gasteiger partial charge in [-0.1, -0.05) is 38.0 Å². The van der Waals surface area contributed by atoms with Crippen LogP contribution in [0.2, 0.25) is 0 Å². The van der Waals surface area contributed by atoms with E-state index in [1.807, 2.05) is 0 Å². The van der Waals surface area contributed by atoms with Gasteiger partial charge in [-0.2, -0.15) is 0 Å². The maximum atomic E-state index is 3.92. The van der Waals surface area contributed by atoms with E-state index in [0.717, 1.165) is 18.5 Å². The molecule has 1 aromatic carbocycles. The van der Waals surface area contributed by atoms with Gasteiger partial charge in [-0.25, -0.2) is 0 Å². The molecule has 0 bridgehead atoms. The van der Waals surface area contributed by atoms with Gasteiger partial charge in [0.05, 0.1) is 0 Å². The predicted molar refractivity (Wildman–Crippen MR) is 81.6 cm³/mol. The Hall–Kier alpha value is -0.820. The van der Waals surface area contributed by atoms with Crippen molar-refractivity contribution in [2.45, 2.75) is 76.8 Å². The molecule has 1 nitrogen and oxygen atoms in total. The van der Waals surface area contributed by atoms with Crippen LogP contribution in [-0.2, 0) is 19.3 Å². The molecule has 0 heterocycles. The molecular formula is C18H27N. The van der Waals surface area contributed by atoms with Crippen LogP contribution in [0.3, 0.4) is 0 Å². The lowest BCUT2D eigenvalue weighted by Gasteiger charge is -2.21. The summed E-state index contributed by atoms with van der Waals surface area (Å²) >= 11 is 0. The quantitative estimate of drug-likeness (QED) is 0.806. The molecule has 1 fully saturated rings. The Labute approximate surface area is 117 Å². The average molecular weight is 257 g/mol. The summed E-state index contributed by atoms with van der Waals surface area (Å²) < 4.78 is 0. The first-order valence-electron chi connectivity index (χ1n) is 8.22. The minimum Gasteiger partial charge on any atom is -0.311 e. The minimum absolute atomic E-state index is 0.751. The van der Waals surface area contributed by atoms with Crippen LogP contribution >= 0.6 is 0 Å². The van der Waals surface area contributed by atoms with Crippen LogP contribution in [-0.4, -0.2) is 12.1 Å². The summed E-state index contributed by atoms with van der Waals surface area (Å²) in [5.74, 6) is 0. The number of fused-ring (bicyclic) bond motifs is 1. The highest BCUT2D eigenvalue weighted by Crippen LogP contribution is 2.25. The number of benzene rings is 1. The van der Waals surface area contributed by atoms with E-state index >= 15 is 0 Å². The van der Waals surface area contributed by atoms with Gasteiger partial charge in [0.1, 0.15) is 0 Å². The largest absolute Gasteiger partial charge is 0.311 e. The van der Waals surface area contributed by atoms with Crippen molar-refractivity contribution < 1.29 is 0 Å². The van der Waals surface area contributed by atoms with E-state index in [1.54, 1.807) is 11.1 Å². The molecule has 0 radical (unpaired) electrons. The van der Waals surface area contributed by atoms with Crippen molar-refractivity contribution in [1.29, 1.82) is 0 Å². The van der Waals surface area contributed by atoms with Crippen LogP contribution in [0, 0.1) is 0 Å². The molecule has 0 spiro atoms. The molecule has 0 amide bonds. The third kappa shape index (κ3) is 3.20. The van der Waals surface area contributed by atoms with Crippen LogP contribution < -0.4 is 5.32 Å². The summed E-state index contributed by atoms with van der Waals surface area (Å²) in [6.07, 6.45) is 12.0. The molecule has 1 atom stereocenters. The molecule has 0 aliphatic heterocycles. The molecule has 2 aliphatic carbocycles. The number of hydrogen-bond acceptors (Lipinski definition) is 1. The zero-order chi connectivity index (χ0) is 13.1. The van der Waals surface area contributed by atoms with Crippen LogP contribution in [0.4, 0.5) is 0 Å². The van der Waals surface area contributed by atoms with Crippen LogP contribution in [0.15, 0.2) is 18.2 Å². The molecule has 3 rings (SSSR count). The number of rotatable bonds is 3. The Morgan fingerprint density at radius 2 is 1.63 bits per heavy atom. The second-order valence-electron chi connectivity index (χ2n) is 6.38. The standard InChI is InChI=1S/C18H27N/c1-2-14-7-8-15-9-11-18(12-10-16(15)13-14)19-17-5-3-4-6-17/h7-8,13,17-19H,2-6,9-12H2,1H3. The van der Waals surface area contributed by atoms with E-state index in [0.29, 0.717) is 0 Å². The SMILES string of the molecule is CCc1ccc2c(c1)CCC(NC1CCCC1)CC2. The lowest BCUT2D eigenvalue weighted by atomic mass is 9.99. The molecule has 1 heteroatoms. The van der Waals surface area contributed by atoms with Crippen molar-refractivity contribution in [3.05, 3.63) is 34.9 Å². The van der Waals surface area contributed by atoms with Crippen molar-refractivity contribution in [2.75, 3.05) is 0 Å². The smallest absolute Gasteiger partial charge is 0.00759 e. The van der Waals surface area contributed by atoms with E-state index < -0.39 is 0 Å². The second-order valence-corrected chi connectivity index (χ2v) is 6.38. The molecule has 19 heavy (non-hydrogen) atoms. The zero-order valence-corrected chi connectivity index (χ0v) is 12.3. The van der Waals surface area contributed by atoms with Crippen molar-refractivity contribution >= 4 is 0 Å². The van der Waals surface area contributed by atoms with E-state index in [9.17, 15) is 0 Å². The number of hydrogen-bond donors (Lipinski definition) is 1. The summed E-state index contributed by atoms with van der Waals surface area (Å²) in [7, 11) is 0. The van der Waals surface area contributed by atoms with Crippen molar-refractivity contribution in [1.82, 2.24) is 5.32 Å². The Morgan fingerprint density at radius 1 is 0.947 bits per heavy atom. The van der Waals surface area contributed by atoms with Crippen LogP contribution in [0.25, 0.3) is 0 Å². The maximum Gasteiger partial charge on any atom is 0.00759 e. The van der Waals surface area contributed by atoms with Gasteiger partial charge in [0, 0.05) is 12.1 Å². The highest BCUT2D eigenvalue weighted by Gasteiger charge is 2.21. The molecule has 2 aliphatic rings. The van der Waals surface area contributed by atoms with Crippen molar-refractivity contribution in [3.63, 3.8) is 0 Å². The molecule has 0 saturated heterocycles. The second kappa shape index (κ2) is 6.09. The number of nitrogens with one attached hydrogen (secondary N) is 1. The van der Waals surface area contributed by atoms with Gasteiger partial charge < -0.3 is 5.32 Å². The van der Waals surface area contributed by atoms with Crippen molar-refractivity contribution in [2.24, 2.45) is 0 Å². The predicted octanol–water partition coefficient (Wildman–Crippen LogP) is 4.03. The van der Waals surface area contributed by atoms with Gasteiger partial charge in [-0.15, -0.1) is 0 Å². The first-order valence-corrected chi connectivity index (χ1v) is 8.22. The summed E-state index contributed by atoms with van der Waals surface area (Å²) in [5, 5.41) is 3.92. The third-order valence-corrected chi connectivity index (χ3v) is 5.03. The van der Waals surface area contributed by atoms with Gasteiger partial charge in [-0.05, 0) is 61.6 Å². The maximum absolute atomic E-state index is 3.92. The highest BCUT2D eigenvalue weighted by atomic mass is 15.0. The summed E-state index contributed by atoms with van der Waals surface area (Å²) in [6.45, 7) is 2.25. The Kier molecular flexibility index (Phi) is 4.22. The van der Waals surface area contributed by atoms with E-state index in [4.69, 9.17) is 0 Å². The Balaban J connectivity index is 1.63. The van der Waals surface area contributed by atoms with Crippen LogP contribution in [0.5, 0.6) is 0 Å². The van der Waals surface area contributed by atoms with E-state index in [2.05, 4.69) is 30.4 Å². The normalized spacial score (nSPS) is 24.2. The van der Waals surface area contributed by atoms with Crippen LogP contribution in [0.1, 0.15) is 62.1 Å². The fourth-order valence-corrected chi connectivity index (χ4v) is 3.77. The molecule has 1 unspecified atom stereocenters. The lowest BCUT2D eigenvalue weighted by Crippen LogP contribution is -2.36. The molecule has 1 saturated carbocycles. The van der Waals surface area contributed by atoms with Crippen molar-refractivity contribution in [3.8, 4) is 0 Å². The summed E-state index contributed by atoms with van der Waals surface area (Å²) in [5.41, 5.74) is 4.73. The third-order valence-electron chi connectivity index (χ3n) is 5.03. The van der Waals surface area contributed by atoms with Gasteiger partial charge >= 0.3 is 0 Å². The first kappa shape index (κ1) is 13.2. The monoisotopic (exact) mass is 257 g/mol. The van der Waals surface area contributed by atoms with Gasteiger partial charge in [0.2, 0.25) is 0 Å². The lowest BCUT2D eigenvalue weighted by molar-refractivity contribution is 0.398. The molecule has 1 N–H and O–H groups in total. The van der Waals surface area contributed by atoms with Gasteiger partial charge in [0.15, 0.2) is 0 Å². The Bertz CT molecular complexity index is 418. The topological polar surface area (TPSA) is 12.0 Å². The average Bonchev–Trinajstić information content (AvgIpc) is 2.87. The summed E-state index contributed by atoms with van der Waals surface area (Å²) in [4.78, 5) is 0. The molecule has 0 aromatic heterocycles. The first-order chi connectivity index (χ1) is 9.35. The Morgan fingerprint density at radius 3 is 2.37 bits per heavy atom. The molecule has 1 aromatic rings. The zero-order valence-electron chi connectivity index (χ0n) is 12.3.